The summed E-state index contributed by atoms with van der Waals surface area (Å²) in [5.74, 6) is 0. The maximum absolute atomic E-state index is 10.7. The Labute approximate surface area is 127 Å². The second-order valence-electron chi connectivity index (χ2n) is 5.47. The van der Waals surface area contributed by atoms with Gasteiger partial charge in [0, 0.05) is 45.3 Å². The Balaban J connectivity index is 2.19. The zero-order valence-electron chi connectivity index (χ0n) is 12.3. The first kappa shape index (κ1) is 13.9. The molecule has 3 rings (SSSR count). The Morgan fingerprint density at radius 2 is 2.19 bits per heavy atom. The van der Waals surface area contributed by atoms with Gasteiger partial charge in [0.15, 0.2) is 0 Å². The van der Waals surface area contributed by atoms with Crippen molar-refractivity contribution in [2.24, 2.45) is 5.18 Å². The molecule has 0 aliphatic heterocycles. The summed E-state index contributed by atoms with van der Waals surface area (Å²) in [5, 5.41) is 7.21. The van der Waals surface area contributed by atoms with Crippen LogP contribution in [0, 0.1) is 11.8 Å². The summed E-state index contributed by atoms with van der Waals surface area (Å²) < 4.78 is 2.19. The molecule has 0 amide bonds. The quantitative estimate of drug-likeness (QED) is 0.642. The van der Waals surface area contributed by atoms with Crippen LogP contribution in [-0.2, 0) is 6.54 Å². The Bertz CT molecular complexity index is 801. The van der Waals surface area contributed by atoms with Crippen molar-refractivity contribution >= 4 is 22.2 Å². The minimum absolute atomic E-state index is 0.205. The number of thiazole rings is 1. The van der Waals surface area contributed by atoms with E-state index in [9.17, 15) is 4.91 Å². The number of nitroso groups, excluding NO2 is 1. The lowest BCUT2D eigenvalue weighted by Gasteiger charge is -2.09. The van der Waals surface area contributed by atoms with Gasteiger partial charge < -0.3 is 4.57 Å². The highest BCUT2D eigenvalue weighted by Crippen LogP contribution is 2.31. The molecule has 0 atom stereocenters. The second-order valence-corrected chi connectivity index (χ2v) is 6.33. The van der Waals surface area contributed by atoms with Crippen LogP contribution >= 0.6 is 11.3 Å². The molecule has 0 unspecified atom stereocenters. The maximum atomic E-state index is 10.7. The van der Waals surface area contributed by atoms with Crippen molar-refractivity contribution in [1.82, 2.24) is 9.55 Å². The molecule has 0 bridgehead atoms. The van der Waals surface area contributed by atoms with Gasteiger partial charge in [0.25, 0.3) is 0 Å². The summed E-state index contributed by atoms with van der Waals surface area (Å²) in [4.78, 5) is 15.2. The predicted molar refractivity (Wildman–Crippen MR) is 87.7 cm³/mol. The Morgan fingerprint density at radius 1 is 1.38 bits per heavy atom. The van der Waals surface area contributed by atoms with Crippen LogP contribution in [0.25, 0.3) is 21.5 Å². The summed E-state index contributed by atoms with van der Waals surface area (Å²) >= 11 is 1.64. The van der Waals surface area contributed by atoms with E-state index in [1.54, 1.807) is 11.3 Å². The van der Waals surface area contributed by atoms with Crippen molar-refractivity contribution in [2.75, 3.05) is 0 Å². The molecule has 2 aromatic heterocycles. The molecule has 0 spiro atoms. The summed E-state index contributed by atoms with van der Waals surface area (Å²) in [6, 6.07) is 6.67. The lowest BCUT2D eigenvalue weighted by Crippen LogP contribution is -1.97. The molecule has 3 aromatic rings. The molecule has 5 heteroatoms. The Morgan fingerprint density at radius 3 is 2.81 bits per heavy atom. The number of rotatable bonds is 4. The average molecular weight is 299 g/mol. The zero-order chi connectivity index (χ0) is 15.0. The second kappa shape index (κ2) is 5.41. The number of fused-ring (bicyclic) bond motifs is 1. The lowest BCUT2D eigenvalue weighted by molar-refractivity contribution is 0.621. The number of hydrogen-bond acceptors (Lipinski definition) is 4. The van der Waals surface area contributed by atoms with Gasteiger partial charge in [0.05, 0.1) is 0 Å². The van der Waals surface area contributed by atoms with E-state index in [-0.39, 0.29) is 6.54 Å². The van der Waals surface area contributed by atoms with Gasteiger partial charge in [-0.25, -0.2) is 4.98 Å². The average Bonchev–Trinajstić information content (AvgIpc) is 3.03. The Kier molecular flexibility index (Phi) is 3.59. The van der Waals surface area contributed by atoms with Crippen LogP contribution < -0.4 is 0 Å². The number of hydrogen-bond donors (Lipinski definition) is 0. The molecule has 0 N–H and O–H groups in total. The van der Waals surface area contributed by atoms with Crippen LogP contribution in [0.2, 0.25) is 0 Å². The van der Waals surface area contributed by atoms with E-state index in [2.05, 4.69) is 46.8 Å². The molecular weight excluding hydrogens is 282 g/mol. The van der Waals surface area contributed by atoms with Gasteiger partial charge in [0.2, 0.25) is 0 Å². The molecule has 0 aliphatic carbocycles. The van der Waals surface area contributed by atoms with Crippen molar-refractivity contribution in [3.05, 3.63) is 45.9 Å². The van der Waals surface area contributed by atoms with Gasteiger partial charge in [0.1, 0.15) is 11.6 Å². The molecule has 1 aromatic carbocycles. The molecule has 0 radical (unpaired) electrons. The van der Waals surface area contributed by atoms with E-state index in [1.165, 1.54) is 0 Å². The summed E-state index contributed by atoms with van der Waals surface area (Å²) in [6.07, 6.45) is 2.04. The molecule has 21 heavy (non-hydrogen) atoms. The topological polar surface area (TPSA) is 47.2 Å². The van der Waals surface area contributed by atoms with E-state index in [0.29, 0.717) is 6.04 Å². The normalized spacial score (nSPS) is 11.4. The van der Waals surface area contributed by atoms with Crippen molar-refractivity contribution < 1.29 is 0 Å². The van der Waals surface area contributed by atoms with Crippen LogP contribution in [-0.4, -0.2) is 9.55 Å². The van der Waals surface area contributed by atoms with Crippen LogP contribution in [0.3, 0.4) is 0 Å². The molecule has 0 fully saturated rings. The third kappa shape index (κ3) is 2.49. The highest BCUT2D eigenvalue weighted by molar-refractivity contribution is 7.13. The van der Waals surface area contributed by atoms with Crippen LogP contribution in [0.5, 0.6) is 0 Å². The molecule has 2 heterocycles. The highest BCUT2D eigenvalue weighted by Gasteiger charge is 2.13. The molecule has 108 valence electrons. The first-order valence-corrected chi connectivity index (χ1v) is 7.83. The number of aryl methyl sites for hydroxylation is 1. The summed E-state index contributed by atoms with van der Waals surface area (Å²) in [6.45, 7) is 6.47. The fraction of sp³-hybridized carbons (Fsp3) is 0.312. The van der Waals surface area contributed by atoms with Gasteiger partial charge in [-0.2, -0.15) is 4.91 Å². The van der Waals surface area contributed by atoms with Crippen LogP contribution in [0.15, 0.2) is 35.0 Å². The molecule has 4 nitrogen and oxygen atoms in total. The van der Waals surface area contributed by atoms with E-state index < -0.39 is 0 Å². The SMILES string of the molecule is Cc1csc(-c2ccc3c(c2)c(CN=O)cn3C(C)C)n1. The fourth-order valence-corrected chi connectivity index (χ4v) is 3.36. The van der Waals surface area contributed by atoms with Gasteiger partial charge in [-0.15, -0.1) is 11.3 Å². The van der Waals surface area contributed by atoms with Crippen molar-refractivity contribution in [3.8, 4) is 10.6 Å². The number of aromatic nitrogens is 2. The van der Waals surface area contributed by atoms with E-state index in [4.69, 9.17) is 0 Å². The molecular formula is C16H17N3OS. The smallest absolute Gasteiger partial charge is 0.123 e. The largest absolute Gasteiger partial charge is 0.345 e. The Hall–Kier alpha value is -2.01. The molecule has 0 saturated carbocycles. The number of benzene rings is 1. The highest BCUT2D eigenvalue weighted by atomic mass is 32.1. The standard InChI is InChI=1S/C16H17N3OS/c1-10(2)19-8-13(7-17-20)14-6-12(4-5-15(14)19)16-18-11(3)9-21-16/h4-6,8-10H,7H2,1-3H3. The van der Waals surface area contributed by atoms with Crippen LogP contribution in [0.4, 0.5) is 0 Å². The summed E-state index contributed by atoms with van der Waals surface area (Å²) in [5.41, 5.74) is 4.24. The van der Waals surface area contributed by atoms with Gasteiger partial charge in [-0.05, 0) is 39.0 Å². The van der Waals surface area contributed by atoms with Crippen molar-refractivity contribution in [1.29, 1.82) is 0 Å². The zero-order valence-corrected chi connectivity index (χ0v) is 13.1. The first-order valence-electron chi connectivity index (χ1n) is 6.95. The third-order valence-electron chi connectivity index (χ3n) is 3.57. The number of nitrogens with zero attached hydrogens (tertiary/aromatic N) is 3. The van der Waals surface area contributed by atoms with Gasteiger partial charge in [-0.3, -0.25) is 0 Å². The predicted octanol–water partition coefficient (Wildman–Crippen LogP) is 4.92. The minimum Gasteiger partial charge on any atom is -0.345 e. The van der Waals surface area contributed by atoms with Crippen molar-refractivity contribution in [3.63, 3.8) is 0 Å². The van der Waals surface area contributed by atoms with Crippen molar-refractivity contribution in [2.45, 2.75) is 33.4 Å². The van der Waals surface area contributed by atoms with Gasteiger partial charge in [-0.1, -0.05) is 5.18 Å². The van der Waals surface area contributed by atoms with E-state index >= 15 is 0 Å². The van der Waals surface area contributed by atoms with Gasteiger partial charge >= 0.3 is 0 Å². The first-order chi connectivity index (χ1) is 10.1. The maximum Gasteiger partial charge on any atom is 0.123 e. The third-order valence-corrected chi connectivity index (χ3v) is 4.58. The fourth-order valence-electron chi connectivity index (χ4n) is 2.57. The summed E-state index contributed by atoms with van der Waals surface area (Å²) in [7, 11) is 0. The van der Waals surface area contributed by atoms with E-state index in [0.717, 1.165) is 32.7 Å². The molecule has 0 saturated heterocycles. The molecule has 0 aliphatic rings. The monoisotopic (exact) mass is 299 g/mol. The lowest BCUT2D eigenvalue weighted by atomic mass is 10.1. The minimum atomic E-state index is 0.205. The van der Waals surface area contributed by atoms with Crippen LogP contribution in [0.1, 0.15) is 31.1 Å². The van der Waals surface area contributed by atoms with E-state index in [1.807, 2.05) is 18.5 Å².